The van der Waals surface area contributed by atoms with Gasteiger partial charge in [-0.2, -0.15) is 0 Å². The Kier molecular flexibility index (Phi) is 6.27. The Morgan fingerprint density at radius 3 is 2.57 bits per heavy atom. The number of hydrogen-bond donors (Lipinski definition) is 2. The van der Waals surface area contributed by atoms with Gasteiger partial charge in [0.15, 0.2) is 10.4 Å². The first kappa shape index (κ1) is 19.8. The molecule has 144 valence electrons. The van der Waals surface area contributed by atoms with Gasteiger partial charge >= 0.3 is 12.0 Å². The number of thioether (sulfide) groups is 1. The molecule has 2 aromatic carbocycles. The maximum absolute atomic E-state index is 12.1. The summed E-state index contributed by atoms with van der Waals surface area (Å²) in [5.74, 6) is -0.714. The molecule has 7 nitrogen and oxygen atoms in total. The molecule has 3 N–H and O–H groups in total. The number of nitrogens with zero attached hydrogens (tertiary/aromatic N) is 1. The number of rotatable bonds is 6. The van der Waals surface area contributed by atoms with Gasteiger partial charge in [0, 0.05) is 5.75 Å². The largest absolute Gasteiger partial charge is 0.449 e. The fraction of sp³-hybridized carbons (Fsp3) is 0.158. The third-order valence-corrected chi connectivity index (χ3v) is 5.98. The lowest BCUT2D eigenvalue weighted by atomic mass is 10.1. The molecule has 1 heterocycles. The summed E-state index contributed by atoms with van der Waals surface area (Å²) in [6.45, 7) is 1.36. The quantitative estimate of drug-likeness (QED) is 0.472. The van der Waals surface area contributed by atoms with Crippen molar-refractivity contribution in [2.45, 2.75) is 23.1 Å². The number of hydrogen-bond acceptors (Lipinski definition) is 7. The number of nitrogens with two attached hydrogens (primary N) is 1. The Balaban J connectivity index is 1.56. The number of primary amides is 1. The van der Waals surface area contributed by atoms with Crippen LogP contribution < -0.4 is 11.1 Å². The normalized spacial score (nSPS) is 11.8. The minimum absolute atomic E-state index is 0.312. The maximum atomic E-state index is 12.1. The first-order valence-electron chi connectivity index (χ1n) is 8.31. The fourth-order valence-electron chi connectivity index (χ4n) is 2.30. The molecule has 0 aliphatic heterocycles. The molecule has 0 saturated carbocycles. The standard InChI is InChI=1S/C19H17N3O4S2/c1-11(16(23)22-18(20)25)26-17(24)13-8-6-12(7-9-13)10-27-19-21-14-4-2-3-5-15(14)28-19/h2-9,11H,10H2,1H3,(H3,20,22,23,25)/t11-/m1/s1. The van der Waals surface area contributed by atoms with Gasteiger partial charge in [-0.3, -0.25) is 10.1 Å². The molecule has 0 bridgehead atoms. The van der Waals surface area contributed by atoms with Crippen molar-refractivity contribution in [1.82, 2.24) is 10.3 Å². The first-order valence-corrected chi connectivity index (χ1v) is 10.1. The zero-order valence-corrected chi connectivity index (χ0v) is 16.5. The summed E-state index contributed by atoms with van der Waals surface area (Å²) < 4.78 is 7.17. The number of nitrogens with one attached hydrogen (secondary N) is 1. The average Bonchev–Trinajstić information content (AvgIpc) is 3.09. The van der Waals surface area contributed by atoms with Gasteiger partial charge in [0.25, 0.3) is 5.91 Å². The Morgan fingerprint density at radius 2 is 1.89 bits per heavy atom. The van der Waals surface area contributed by atoms with Gasteiger partial charge < -0.3 is 10.5 Å². The van der Waals surface area contributed by atoms with Crippen LogP contribution in [0.15, 0.2) is 52.9 Å². The maximum Gasteiger partial charge on any atom is 0.338 e. The van der Waals surface area contributed by atoms with Crippen LogP contribution in [-0.4, -0.2) is 29.0 Å². The highest BCUT2D eigenvalue weighted by atomic mass is 32.2. The lowest BCUT2D eigenvalue weighted by Gasteiger charge is -2.12. The number of carbonyl (C=O) groups is 3. The molecule has 1 aromatic heterocycles. The van der Waals surface area contributed by atoms with Crippen LogP contribution in [0, 0.1) is 0 Å². The van der Waals surface area contributed by atoms with Gasteiger partial charge in [-0.25, -0.2) is 14.6 Å². The van der Waals surface area contributed by atoms with Crippen LogP contribution in [0.2, 0.25) is 0 Å². The molecule has 0 aliphatic carbocycles. The van der Waals surface area contributed by atoms with Crippen LogP contribution in [0.4, 0.5) is 4.79 Å². The number of carbonyl (C=O) groups excluding carboxylic acids is 3. The molecule has 0 fully saturated rings. The summed E-state index contributed by atoms with van der Waals surface area (Å²) in [4.78, 5) is 38.9. The Bertz CT molecular complexity index is 984. The van der Waals surface area contributed by atoms with Crippen LogP contribution in [0.25, 0.3) is 10.2 Å². The van der Waals surface area contributed by atoms with E-state index in [4.69, 9.17) is 10.5 Å². The number of amides is 3. The second-order valence-electron chi connectivity index (χ2n) is 5.83. The van der Waals surface area contributed by atoms with E-state index in [0.717, 1.165) is 20.1 Å². The minimum atomic E-state index is -1.13. The number of benzene rings is 2. The molecule has 9 heteroatoms. The number of fused-ring (bicyclic) bond motifs is 1. The van der Waals surface area contributed by atoms with Gasteiger partial charge in [-0.1, -0.05) is 36.0 Å². The number of aromatic nitrogens is 1. The SMILES string of the molecule is C[C@@H](OC(=O)c1ccc(CSc2nc3ccccc3s2)cc1)C(=O)NC(N)=O. The molecule has 3 amide bonds. The lowest BCUT2D eigenvalue weighted by molar-refractivity contribution is -0.127. The highest BCUT2D eigenvalue weighted by molar-refractivity contribution is 8.00. The Morgan fingerprint density at radius 1 is 1.18 bits per heavy atom. The predicted molar refractivity (Wildman–Crippen MR) is 108 cm³/mol. The van der Waals surface area contributed by atoms with Crippen molar-refractivity contribution in [2.75, 3.05) is 0 Å². The summed E-state index contributed by atoms with van der Waals surface area (Å²) in [6.07, 6.45) is -1.13. The van der Waals surface area contributed by atoms with Crippen molar-refractivity contribution in [2.24, 2.45) is 5.73 Å². The van der Waals surface area contributed by atoms with Crippen LogP contribution in [-0.2, 0) is 15.3 Å². The molecular weight excluding hydrogens is 398 g/mol. The summed E-state index contributed by atoms with van der Waals surface area (Å²) in [7, 11) is 0. The van der Waals surface area contributed by atoms with E-state index in [1.54, 1.807) is 35.2 Å². The van der Waals surface area contributed by atoms with E-state index in [2.05, 4.69) is 4.98 Å². The van der Waals surface area contributed by atoms with Crippen molar-refractivity contribution in [3.05, 3.63) is 59.7 Å². The van der Waals surface area contributed by atoms with Crippen molar-refractivity contribution < 1.29 is 19.1 Å². The molecule has 0 spiro atoms. The molecule has 28 heavy (non-hydrogen) atoms. The van der Waals surface area contributed by atoms with Gasteiger partial charge in [-0.05, 0) is 36.8 Å². The average molecular weight is 415 g/mol. The predicted octanol–water partition coefficient (Wildman–Crippen LogP) is 3.33. The van der Waals surface area contributed by atoms with E-state index in [9.17, 15) is 14.4 Å². The van der Waals surface area contributed by atoms with Crippen molar-refractivity contribution in [3.63, 3.8) is 0 Å². The van der Waals surface area contributed by atoms with Gasteiger partial charge in [0.2, 0.25) is 0 Å². The Labute approximate surface area is 169 Å². The monoisotopic (exact) mass is 415 g/mol. The van der Waals surface area contributed by atoms with E-state index >= 15 is 0 Å². The van der Waals surface area contributed by atoms with E-state index in [1.807, 2.05) is 41.7 Å². The van der Waals surface area contributed by atoms with Gasteiger partial charge in [0.05, 0.1) is 15.8 Å². The van der Waals surface area contributed by atoms with Crippen LogP contribution in [0.5, 0.6) is 0 Å². The van der Waals surface area contributed by atoms with E-state index < -0.39 is 24.0 Å². The van der Waals surface area contributed by atoms with Crippen molar-refractivity contribution in [3.8, 4) is 0 Å². The van der Waals surface area contributed by atoms with E-state index in [1.165, 1.54) is 6.92 Å². The minimum Gasteiger partial charge on any atom is -0.449 e. The first-order chi connectivity index (χ1) is 13.4. The van der Waals surface area contributed by atoms with E-state index in [-0.39, 0.29) is 0 Å². The molecule has 0 aliphatic rings. The summed E-state index contributed by atoms with van der Waals surface area (Å²) in [5.41, 5.74) is 7.19. The molecule has 1 atom stereocenters. The summed E-state index contributed by atoms with van der Waals surface area (Å²) in [5, 5.41) is 1.87. The summed E-state index contributed by atoms with van der Waals surface area (Å²) in [6, 6.07) is 13.9. The number of ether oxygens (including phenoxy) is 1. The second-order valence-corrected chi connectivity index (χ2v) is 8.09. The zero-order valence-electron chi connectivity index (χ0n) is 14.9. The Hall–Kier alpha value is -2.91. The van der Waals surface area contributed by atoms with Gasteiger partial charge in [0.1, 0.15) is 0 Å². The zero-order chi connectivity index (χ0) is 20.1. The number of esters is 1. The van der Waals surface area contributed by atoms with Crippen molar-refractivity contribution >= 4 is 51.2 Å². The second kappa shape index (κ2) is 8.85. The lowest BCUT2D eigenvalue weighted by Crippen LogP contribution is -2.42. The molecule has 0 radical (unpaired) electrons. The van der Waals surface area contributed by atoms with E-state index in [0.29, 0.717) is 11.3 Å². The molecule has 0 saturated heterocycles. The van der Waals surface area contributed by atoms with Crippen LogP contribution in [0.3, 0.4) is 0 Å². The van der Waals surface area contributed by atoms with Crippen LogP contribution >= 0.6 is 23.1 Å². The number of imide groups is 1. The number of para-hydroxylation sites is 1. The fourth-order valence-corrected chi connectivity index (χ4v) is 4.32. The third-order valence-electron chi connectivity index (χ3n) is 3.73. The molecule has 3 aromatic rings. The summed E-state index contributed by atoms with van der Waals surface area (Å²) >= 11 is 3.27. The molecular formula is C19H17N3O4S2. The highest BCUT2D eigenvalue weighted by Crippen LogP contribution is 2.31. The van der Waals surface area contributed by atoms with Crippen molar-refractivity contribution in [1.29, 1.82) is 0 Å². The van der Waals surface area contributed by atoms with Crippen LogP contribution in [0.1, 0.15) is 22.8 Å². The molecule has 3 rings (SSSR count). The van der Waals surface area contributed by atoms with Gasteiger partial charge in [-0.15, -0.1) is 11.3 Å². The topological polar surface area (TPSA) is 111 Å². The third kappa shape index (κ3) is 5.08. The molecule has 0 unspecified atom stereocenters. The number of thiazole rings is 1. The number of urea groups is 1. The highest BCUT2D eigenvalue weighted by Gasteiger charge is 2.20. The smallest absolute Gasteiger partial charge is 0.338 e.